The maximum absolute atomic E-state index is 13.0. The molecule has 0 aliphatic rings. The van der Waals surface area contributed by atoms with Crippen molar-refractivity contribution < 1.29 is 8.81 Å². The molecule has 1 aromatic heterocycles. The van der Waals surface area contributed by atoms with Gasteiger partial charge in [-0.05, 0) is 57.5 Å². The highest BCUT2D eigenvalue weighted by molar-refractivity contribution is 5.52. The molecule has 1 atom stereocenters. The fourth-order valence-electron chi connectivity index (χ4n) is 2.18. The standard InChI is InChI=1S/C15H18FNO/c1-9-7-13(16)5-6-15(9)17-11(3)14-8-10(2)18-12(14)4/h5-8,11,17H,1-4H3. The fourth-order valence-corrected chi connectivity index (χ4v) is 2.18. The van der Waals surface area contributed by atoms with Crippen molar-refractivity contribution in [2.75, 3.05) is 5.32 Å². The molecule has 2 aromatic rings. The smallest absolute Gasteiger partial charge is 0.123 e. The number of anilines is 1. The summed E-state index contributed by atoms with van der Waals surface area (Å²) in [6.45, 7) is 7.86. The second-order valence-electron chi connectivity index (χ2n) is 4.69. The topological polar surface area (TPSA) is 25.2 Å². The van der Waals surface area contributed by atoms with Crippen LogP contribution in [-0.2, 0) is 0 Å². The summed E-state index contributed by atoms with van der Waals surface area (Å²) in [4.78, 5) is 0. The lowest BCUT2D eigenvalue weighted by Crippen LogP contribution is -2.08. The predicted octanol–water partition coefficient (Wildman–Crippen LogP) is 4.52. The van der Waals surface area contributed by atoms with Gasteiger partial charge in [0.15, 0.2) is 0 Å². The first-order valence-electron chi connectivity index (χ1n) is 6.07. The van der Waals surface area contributed by atoms with Crippen molar-refractivity contribution in [2.24, 2.45) is 0 Å². The van der Waals surface area contributed by atoms with Crippen LogP contribution in [-0.4, -0.2) is 0 Å². The maximum atomic E-state index is 13.0. The number of hydrogen-bond donors (Lipinski definition) is 1. The Morgan fingerprint density at radius 2 is 1.89 bits per heavy atom. The van der Waals surface area contributed by atoms with Crippen LogP contribution < -0.4 is 5.32 Å². The van der Waals surface area contributed by atoms with E-state index in [0.717, 1.165) is 28.3 Å². The number of rotatable bonds is 3. The predicted molar refractivity (Wildman–Crippen MR) is 71.4 cm³/mol. The van der Waals surface area contributed by atoms with Gasteiger partial charge in [0.25, 0.3) is 0 Å². The maximum Gasteiger partial charge on any atom is 0.123 e. The Labute approximate surface area is 107 Å². The van der Waals surface area contributed by atoms with Crippen LogP contribution in [0.5, 0.6) is 0 Å². The molecular formula is C15H18FNO. The van der Waals surface area contributed by atoms with Gasteiger partial charge < -0.3 is 9.73 Å². The van der Waals surface area contributed by atoms with Crippen molar-refractivity contribution in [1.29, 1.82) is 0 Å². The molecule has 2 rings (SSSR count). The van der Waals surface area contributed by atoms with E-state index in [1.165, 1.54) is 12.1 Å². The average molecular weight is 247 g/mol. The molecule has 0 saturated heterocycles. The van der Waals surface area contributed by atoms with E-state index in [1.807, 2.05) is 26.8 Å². The molecule has 18 heavy (non-hydrogen) atoms. The number of aryl methyl sites for hydroxylation is 3. The summed E-state index contributed by atoms with van der Waals surface area (Å²) >= 11 is 0. The van der Waals surface area contributed by atoms with Crippen LogP contribution in [0.3, 0.4) is 0 Å². The van der Waals surface area contributed by atoms with Gasteiger partial charge in [-0.15, -0.1) is 0 Å². The summed E-state index contributed by atoms with van der Waals surface area (Å²) in [6, 6.07) is 6.93. The number of furan rings is 1. The third kappa shape index (κ3) is 2.55. The fraction of sp³-hybridized carbons (Fsp3) is 0.333. The average Bonchev–Trinajstić information content (AvgIpc) is 2.62. The summed E-state index contributed by atoms with van der Waals surface area (Å²) in [5.74, 6) is 1.63. The largest absolute Gasteiger partial charge is 0.466 e. The summed E-state index contributed by atoms with van der Waals surface area (Å²) in [5.41, 5.74) is 2.98. The molecule has 1 aromatic carbocycles. The molecule has 0 aliphatic heterocycles. The van der Waals surface area contributed by atoms with Crippen molar-refractivity contribution in [3.8, 4) is 0 Å². The molecule has 3 heteroatoms. The molecule has 0 radical (unpaired) electrons. The summed E-state index contributed by atoms with van der Waals surface area (Å²) in [6.07, 6.45) is 0. The van der Waals surface area contributed by atoms with Crippen LogP contribution in [0, 0.1) is 26.6 Å². The van der Waals surface area contributed by atoms with E-state index in [2.05, 4.69) is 12.2 Å². The Balaban J connectivity index is 2.21. The van der Waals surface area contributed by atoms with Gasteiger partial charge in [0.1, 0.15) is 17.3 Å². The van der Waals surface area contributed by atoms with Crippen molar-refractivity contribution in [3.63, 3.8) is 0 Å². The minimum Gasteiger partial charge on any atom is -0.466 e. The Kier molecular flexibility index (Phi) is 3.41. The van der Waals surface area contributed by atoms with Crippen LogP contribution in [0.15, 0.2) is 28.7 Å². The van der Waals surface area contributed by atoms with E-state index in [0.29, 0.717) is 0 Å². The van der Waals surface area contributed by atoms with E-state index in [1.54, 1.807) is 6.07 Å². The second-order valence-corrected chi connectivity index (χ2v) is 4.69. The SMILES string of the molecule is Cc1cc(C(C)Nc2ccc(F)cc2C)c(C)o1. The highest BCUT2D eigenvalue weighted by Gasteiger charge is 2.13. The molecule has 0 fully saturated rings. The van der Waals surface area contributed by atoms with E-state index in [9.17, 15) is 4.39 Å². The highest BCUT2D eigenvalue weighted by Crippen LogP contribution is 2.26. The highest BCUT2D eigenvalue weighted by atomic mass is 19.1. The van der Waals surface area contributed by atoms with Gasteiger partial charge >= 0.3 is 0 Å². The summed E-state index contributed by atoms with van der Waals surface area (Å²) in [7, 11) is 0. The van der Waals surface area contributed by atoms with Crippen LogP contribution in [0.25, 0.3) is 0 Å². The lowest BCUT2D eigenvalue weighted by molar-refractivity contribution is 0.500. The lowest BCUT2D eigenvalue weighted by atomic mass is 10.1. The molecular weight excluding hydrogens is 229 g/mol. The first kappa shape index (κ1) is 12.7. The minimum absolute atomic E-state index is 0.131. The molecule has 0 amide bonds. The number of hydrogen-bond acceptors (Lipinski definition) is 2. The van der Waals surface area contributed by atoms with Crippen molar-refractivity contribution >= 4 is 5.69 Å². The van der Waals surface area contributed by atoms with Gasteiger partial charge in [0, 0.05) is 11.3 Å². The van der Waals surface area contributed by atoms with E-state index in [-0.39, 0.29) is 11.9 Å². The zero-order chi connectivity index (χ0) is 13.3. The molecule has 1 heterocycles. The molecule has 0 bridgehead atoms. The van der Waals surface area contributed by atoms with Crippen molar-refractivity contribution in [3.05, 3.63) is 52.7 Å². The third-order valence-corrected chi connectivity index (χ3v) is 3.11. The number of nitrogens with one attached hydrogen (secondary N) is 1. The molecule has 0 saturated carbocycles. The Morgan fingerprint density at radius 3 is 2.44 bits per heavy atom. The first-order chi connectivity index (χ1) is 8.47. The first-order valence-corrected chi connectivity index (χ1v) is 6.07. The van der Waals surface area contributed by atoms with Crippen LogP contribution >= 0.6 is 0 Å². The molecule has 1 N–H and O–H groups in total. The number of halogens is 1. The van der Waals surface area contributed by atoms with Crippen LogP contribution in [0.2, 0.25) is 0 Å². The normalized spacial score (nSPS) is 12.5. The van der Waals surface area contributed by atoms with E-state index < -0.39 is 0 Å². The molecule has 0 spiro atoms. The minimum atomic E-state index is -0.207. The third-order valence-electron chi connectivity index (χ3n) is 3.11. The molecule has 1 unspecified atom stereocenters. The Hall–Kier alpha value is -1.77. The molecule has 2 nitrogen and oxygen atoms in total. The Bertz CT molecular complexity index is 560. The van der Waals surface area contributed by atoms with E-state index >= 15 is 0 Å². The van der Waals surface area contributed by atoms with Gasteiger partial charge in [-0.25, -0.2) is 4.39 Å². The molecule has 0 aliphatic carbocycles. The van der Waals surface area contributed by atoms with Gasteiger partial charge in [0.05, 0.1) is 6.04 Å². The van der Waals surface area contributed by atoms with Crippen LogP contribution in [0.1, 0.15) is 35.6 Å². The van der Waals surface area contributed by atoms with E-state index in [4.69, 9.17) is 4.42 Å². The molecule has 96 valence electrons. The zero-order valence-corrected chi connectivity index (χ0v) is 11.2. The van der Waals surface area contributed by atoms with Gasteiger partial charge in [-0.3, -0.25) is 0 Å². The quantitative estimate of drug-likeness (QED) is 0.862. The van der Waals surface area contributed by atoms with Gasteiger partial charge in [-0.2, -0.15) is 0 Å². The lowest BCUT2D eigenvalue weighted by Gasteiger charge is -2.16. The van der Waals surface area contributed by atoms with Gasteiger partial charge in [0.2, 0.25) is 0 Å². The zero-order valence-electron chi connectivity index (χ0n) is 11.2. The second kappa shape index (κ2) is 4.84. The van der Waals surface area contributed by atoms with Crippen molar-refractivity contribution in [2.45, 2.75) is 33.7 Å². The van der Waals surface area contributed by atoms with Crippen LogP contribution in [0.4, 0.5) is 10.1 Å². The number of benzene rings is 1. The Morgan fingerprint density at radius 1 is 1.17 bits per heavy atom. The van der Waals surface area contributed by atoms with Gasteiger partial charge in [-0.1, -0.05) is 0 Å². The van der Waals surface area contributed by atoms with Crippen molar-refractivity contribution in [1.82, 2.24) is 0 Å². The summed E-state index contributed by atoms with van der Waals surface area (Å²) < 4.78 is 18.6. The summed E-state index contributed by atoms with van der Waals surface area (Å²) in [5, 5.41) is 3.38. The monoisotopic (exact) mass is 247 g/mol.